The maximum atomic E-state index is 6.54. The summed E-state index contributed by atoms with van der Waals surface area (Å²) in [5.74, 6) is 1.94. The summed E-state index contributed by atoms with van der Waals surface area (Å²) in [5.41, 5.74) is 2.82. The number of methoxy groups -OCH3 is 1. The van der Waals surface area contributed by atoms with Crippen LogP contribution in [-0.4, -0.2) is 15.4 Å². The predicted octanol–water partition coefficient (Wildman–Crippen LogP) is 8.30. The van der Waals surface area contributed by atoms with E-state index in [4.69, 9.17) is 9.16 Å². The third-order valence-electron chi connectivity index (χ3n) is 5.78. The van der Waals surface area contributed by atoms with Gasteiger partial charge in [-0.2, -0.15) is 0 Å². The number of rotatable bonds is 6. The van der Waals surface area contributed by atoms with E-state index in [1.54, 1.807) is 7.11 Å². The Morgan fingerprint density at radius 2 is 1.50 bits per heavy atom. The monoisotopic (exact) mass is 404 g/mol. The molecular weight excluding hydrogens is 360 g/mol. The second kappa shape index (κ2) is 8.65. The van der Waals surface area contributed by atoms with Crippen LogP contribution in [0.25, 0.3) is 5.76 Å². The Balaban J connectivity index is 3.37. The summed E-state index contributed by atoms with van der Waals surface area (Å²) in [4.78, 5) is 0. The Hall–Kier alpha value is -1.22. The van der Waals surface area contributed by atoms with E-state index in [9.17, 15) is 0 Å². The standard InChI is InChI=1S/C25H44O2Si/c1-23(2,3)17-16-21(24(4,5)6)22(26-10)19-14-13-15-20(18-19)27-28(11,12)25(7,8)9/h13-15,18H,16-17H2,1-12H3/b22-21-. The molecule has 28 heavy (non-hydrogen) atoms. The van der Waals surface area contributed by atoms with Gasteiger partial charge in [0.15, 0.2) is 0 Å². The zero-order valence-electron chi connectivity index (χ0n) is 20.5. The summed E-state index contributed by atoms with van der Waals surface area (Å²) in [6.45, 7) is 25.1. The molecule has 0 aliphatic heterocycles. The molecule has 3 heteroatoms. The molecule has 0 heterocycles. The molecule has 0 bridgehead atoms. The molecule has 0 radical (unpaired) electrons. The van der Waals surface area contributed by atoms with Crippen LogP contribution in [0.2, 0.25) is 18.1 Å². The maximum Gasteiger partial charge on any atom is 0.250 e. The summed E-state index contributed by atoms with van der Waals surface area (Å²) >= 11 is 0. The van der Waals surface area contributed by atoms with Crippen LogP contribution in [0.15, 0.2) is 29.8 Å². The van der Waals surface area contributed by atoms with Gasteiger partial charge in [-0.05, 0) is 59.5 Å². The third-order valence-corrected chi connectivity index (χ3v) is 10.1. The van der Waals surface area contributed by atoms with E-state index in [0.717, 1.165) is 29.9 Å². The van der Waals surface area contributed by atoms with E-state index in [-0.39, 0.29) is 10.5 Å². The number of hydrogen-bond donors (Lipinski definition) is 0. The SMILES string of the molecule is CO/C(=C(/CCC(C)(C)C)C(C)(C)C)c1cccc(O[Si](C)(C)C(C)(C)C)c1. The lowest BCUT2D eigenvalue weighted by Crippen LogP contribution is -2.43. The molecule has 0 fully saturated rings. The number of ether oxygens (including phenoxy) is 1. The van der Waals surface area contributed by atoms with Crippen molar-refractivity contribution in [3.05, 3.63) is 35.4 Å². The average molecular weight is 405 g/mol. The highest BCUT2D eigenvalue weighted by Crippen LogP contribution is 2.40. The van der Waals surface area contributed by atoms with E-state index < -0.39 is 8.32 Å². The van der Waals surface area contributed by atoms with Gasteiger partial charge in [0, 0.05) is 5.56 Å². The fraction of sp³-hybridized carbons (Fsp3) is 0.680. The second-order valence-electron chi connectivity index (χ2n) is 11.7. The van der Waals surface area contributed by atoms with Gasteiger partial charge in [-0.1, -0.05) is 74.4 Å². The van der Waals surface area contributed by atoms with Crippen molar-refractivity contribution in [2.75, 3.05) is 7.11 Å². The smallest absolute Gasteiger partial charge is 0.250 e. The summed E-state index contributed by atoms with van der Waals surface area (Å²) in [7, 11) is -0.0832. The van der Waals surface area contributed by atoms with Crippen LogP contribution < -0.4 is 4.43 Å². The quantitative estimate of drug-likeness (QED) is 0.350. The number of hydrogen-bond acceptors (Lipinski definition) is 2. The molecule has 1 aromatic carbocycles. The van der Waals surface area contributed by atoms with E-state index >= 15 is 0 Å². The van der Waals surface area contributed by atoms with Crippen LogP contribution in [0.1, 0.15) is 80.7 Å². The average Bonchev–Trinajstić information content (AvgIpc) is 2.47. The maximum absolute atomic E-state index is 6.54. The molecule has 0 aliphatic rings. The van der Waals surface area contributed by atoms with Crippen molar-refractivity contribution in [3.63, 3.8) is 0 Å². The lowest BCUT2D eigenvalue weighted by atomic mass is 9.78. The largest absolute Gasteiger partial charge is 0.543 e. The minimum atomic E-state index is -1.87. The van der Waals surface area contributed by atoms with Crippen molar-refractivity contribution in [1.29, 1.82) is 0 Å². The van der Waals surface area contributed by atoms with E-state index in [2.05, 4.69) is 99.7 Å². The Morgan fingerprint density at radius 1 is 0.929 bits per heavy atom. The van der Waals surface area contributed by atoms with Crippen molar-refractivity contribution in [1.82, 2.24) is 0 Å². The molecule has 0 saturated carbocycles. The van der Waals surface area contributed by atoms with Crippen LogP contribution in [0.4, 0.5) is 0 Å². The molecule has 0 saturated heterocycles. The van der Waals surface area contributed by atoms with Crippen molar-refractivity contribution in [3.8, 4) is 5.75 Å². The summed E-state index contributed by atoms with van der Waals surface area (Å²) < 4.78 is 12.5. The van der Waals surface area contributed by atoms with Gasteiger partial charge in [0.1, 0.15) is 11.5 Å². The van der Waals surface area contributed by atoms with Crippen LogP contribution >= 0.6 is 0 Å². The van der Waals surface area contributed by atoms with Gasteiger partial charge in [0.25, 0.3) is 0 Å². The topological polar surface area (TPSA) is 18.5 Å². The summed E-state index contributed by atoms with van der Waals surface area (Å²) in [6, 6.07) is 8.45. The van der Waals surface area contributed by atoms with E-state index in [0.29, 0.717) is 5.41 Å². The van der Waals surface area contributed by atoms with Gasteiger partial charge in [0.2, 0.25) is 8.32 Å². The second-order valence-corrected chi connectivity index (χ2v) is 16.4. The molecule has 1 aromatic rings. The van der Waals surface area contributed by atoms with Crippen LogP contribution in [0, 0.1) is 10.8 Å². The first-order valence-electron chi connectivity index (χ1n) is 10.5. The van der Waals surface area contributed by atoms with Crippen molar-refractivity contribution in [2.24, 2.45) is 10.8 Å². The van der Waals surface area contributed by atoms with Crippen molar-refractivity contribution >= 4 is 14.1 Å². The number of allylic oxidation sites excluding steroid dienone is 1. The van der Waals surface area contributed by atoms with Gasteiger partial charge in [0.05, 0.1) is 7.11 Å². The number of benzene rings is 1. The van der Waals surface area contributed by atoms with Crippen LogP contribution in [0.3, 0.4) is 0 Å². The molecule has 0 spiro atoms. The summed E-state index contributed by atoms with van der Waals surface area (Å²) in [5, 5.41) is 0.173. The van der Waals surface area contributed by atoms with Gasteiger partial charge >= 0.3 is 0 Å². The Labute approximate surface area is 175 Å². The van der Waals surface area contributed by atoms with Crippen LogP contribution in [0.5, 0.6) is 5.75 Å². The van der Waals surface area contributed by atoms with Crippen molar-refractivity contribution < 1.29 is 9.16 Å². The summed E-state index contributed by atoms with van der Waals surface area (Å²) in [6.07, 6.45) is 2.16. The van der Waals surface area contributed by atoms with Crippen LogP contribution in [-0.2, 0) is 4.74 Å². The third kappa shape index (κ3) is 6.99. The fourth-order valence-electron chi connectivity index (χ4n) is 2.89. The van der Waals surface area contributed by atoms with Gasteiger partial charge in [-0.3, -0.25) is 0 Å². The molecule has 160 valence electrons. The predicted molar refractivity (Wildman–Crippen MR) is 126 cm³/mol. The minimum absolute atomic E-state index is 0.0485. The van der Waals surface area contributed by atoms with Gasteiger partial charge in [-0.15, -0.1) is 0 Å². The normalized spacial score (nSPS) is 14.6. The molecule has 0 atom stereocenters. The lowest BCUT2D eigenvalue weighted by molar-refractivity contribution is 0.330. The highest BCUT2D eigenvalue weighted by atomic mass is 28.4. The fourth-order valence-corrected chi connectivity index (χ4v) is 3.92. The molecule has 1 rings (SSSR count). The van der Waals surface area contributed by atoms with E-state index in [1.807, 2.05) is 0 Å². The zero-order valence-corrected chi connectivity index (χ0v) is 21.5. The molecule has 0 unspecified atom stereocenters. The Morgan fingerprint density at radius 3 is 1.93 bits per heavy atom. The minimum Gasteiger partial charge on any atom is -0.543 e. The molecule has 0 amide bonds. The first-order chi connectivity index (χ1) is 12.5. The highest BCUT2D eigenvalue weighted by molar-refractivity contribution is 6.74. The van der Waals surface area contributed by atoms with E-state index in [1.165, 1.54) is 5.57 Å². The molecule has 2 nitrogen and oxygen atoms in total. The molecular formula is C25H44O2Si. The first kappa shape index (κ1) is 24.8. The molecule has 0 aliphatic carbocycles. The Kier molecular flexibility index (Phi) is 7.66. The Bertz CT molecular complexity index is 680. The van der Waals surface area contributed by atoms with Crippen molar-refractivity contribution in [2.45, 2.75) is 93.3 Å². The zero-order chi connectivity index (χ0) is 22.0. The van der Waals surface area contributed by atoms with Gasteiger partial charge < -0.3 is 9.16 Å². The van der Waals surface area contributed by atoms with Gasteiger partial charge in [-0.25, -0.2) is 0 Å². The molecule has 0 N–H and O–H groups in total. The lowest BCUT2D eigenvalue weighted by Gasteiger charge is -2.36. The first-order valence-corrected chi connectivity index (χ1v) is 13.5. The molecule has 0 aromatic heterocycles. The highest BCUT2D eigenvalue weighted by Gasteiger charge is 2.39.